The van der Waals surface area contributed by atoms with E-state index in [1.54, 1.807) is 0 Å². The quantitative estimate of drug-likeness (QED) is 0.729. The van der Waals surface area contributed by atoms with Crippen LogP contribution in [0.25, 0.3) is 6.08 Å². The topological polar surface area (TPSA) is 36.9 Å². The highest BCUT2D eigenvalue weighted by molar-refractivity contribution is 5.66. The second kappa shape index (κ2) is 4.52. The molecule has 0 bridgehead atoms. The lowest BCUT2D eigenvalue weighted by Gasteiger charge is -2.40. The molecule has 2 heterocycles. The summed E-state index contributed by atoms with van der Waals surface area (Å²) in [5.41, 5.74) is 4.08. The van der Waals surface area contributed by atoms with E-state index in [1.165, 1.54) is 16.7 Å². The largest absolute Gasteiger partial charge is 0.454 e. The molecule has 0 amide bonds. The Morgan fingerprint density at radius 2 is 1.61 bits per heavy atom. The van der Waals surface area contributed by atoms with E-state index in [4.69, 9.17) is 18.9 Å². The molecule has 5 rings (SSSR count). The van der Waals surface area contributed by atoms with Crippen molar-refractivity contribution in [1.82, 2.24) is 0 Å². The molecule has 1 aromatic rings. The lowest BCUT2D eigenvalue weighted by atomic mass is 9.66. The summed E-state index contributed by atoms with van der Waals surface area (Å²) in [6.45, 7) is 6.60. The number of hydrogen-bond acceptors (Lipinski definition) is 4. The average molecular weight is 314 g/mol. The zero-order valence-corrected chi connectivity index (χ0v) is 13.8. The molecule has 2 aliphatic heterocycles. The van der Waals surface area contributed by atoms with Gasteiger partial charge in [0.15, 0.2) is 17.3 Å². The summed E-state index contributed by atoms with van der Waals surface area (Å²) in [6, 6.07) is 4.30. The van der Waals surface area contributed by atoms with Crippen molar-refractivity contribution in [2.45, 2.75) is 57.5 Å². The summed E-state index contributed by atoms with van der Waals surface area (Å²) in [5.74, 6) is 2.28. The van der Waals surface area contributed by atoms with Crippen LogP contribution >= 0.6 is 0 Å². The molecule has 1 saturated carbocycles. The van der Waals surface area contributed by atoms with Gasteiger partial charge in [-0.05, 0) is 68.7 Å². The number of hydrogen-bond donors (Lipinski definition) is 0. The fourth-order valence-corrected chi connectivity index (χ4v) is 4.76. The highest BCUT2D eigenvalue weighted by Gasteiger charge is 2.49. The monoisotopic (exact) mass is 314 g/mol. The molecule has 4 heteroatoms. The maximum absolute atomic E-state index is 6.15. The molecular weight excluding hydrogens is 292 g/mol. The zero-order chi connectivity index (χ0) is 15.8. The fraction of sp³-hybridized carbons (Fsp3) is 0.579. The number of ether oxygens (including phenoxy) is 4. The maximum atomic E-state index is 6.15. The normalized spacial score (nSPS) is 36.0. The Balaban J connectivity index is 1.55. The Labute approximate surface area is 136 Å². The van der Waals surface area contributed by atoms with Gasteiger partial charge in [-0.1, -0.05) is 11.6 Å². The van der Waals surface area contributed by atoms with Crippen molar-refractivity contribution >= 4 is 6.08 Å². The van der Waals surface area contributed by atoms with Crippen LogP contribution in [-0.2, 0) is 9.47 Å². The van der Waals surface area contributed by atoms with Crippen LogP contribution in [0.4, 0.5) is 0 Å². The van der Waals surface area contributed by atoms with Crippen LogP contribution in [-0.4, -0.2) is 24.8 Å². The minimum Gasteiger partial charge on any atom is -0.454 e. The van der Waals surface area contributed by atoms with Crippen molar-refractivity contribution in [2.24, 2.45) is 5.92 Å². The first-order chi connectivity index (χ1) is 11.0. The molecule has 1 aromatic carbocycles. The third-order valence-electron chi connectivity index (χ3n) is 5.69. The van der Waals surface area contributed by atoms with Crippen LogP contribution in [0.5, 0.6) is 11.5 Å². The van der Waals surface area contributed by atoms with E-state index in [0.717, 1.165) is 24.3 Å². The maximum Gasteiger partial charge on any atom is 0.231 e. The minimum absolute atomic E-state index is 0.190. The van der Waals surface area contributed by atoms with Crippen molar-refractivity contribution in [2.75, 3.05) is 6.79 Å². The van der Waals surface area contributed by atoms with Crippen LogP contribution in [0.1, 0.15) is 50.7 Å². The summed E-state index contributed by atoms with van der Waals surface area (Å²) in [6.07, 6.45) is 4.76. The van der Waals surface area contributed by atoms with Gasteiger partial charge in [0, 0.05) is 0 Å². The highest BCUT2D eigenvalue weighted by atomic mass is 16.8. The molecule has 2 aliphatic carbocycles. The molecule has 0 radical (unpaired) electrons. The van der Waals surface area contributed by atoms with Crippen molar-refractivity contribution in [3.05, 3.63) is 28.8 Å². The lowest BCUT2D eigenvalue weighted by molar-refractivity contribution is -0.145. The van der Waals surface area contributed by atoms with Gasteiger partial charge >= 0.3 is 0 Å². The third kappa shape index (κ3) is 2.05. The van der Waals surface area contributed by atoms with Gasteiger partial charge in [-0.3, -0.25) is 0 Å². The van der Waals surface area contributed by atoms with Crippen LogP contribution in [0.2, 0.25) is 0 Å². The van der Waals surface area contributed by atoms with E-state index >= 15 is 0 Å². The number of rotatable bonds is 0. The van der Waals surface area contributed by atoms with Gasteiger partial charge in [-0.25, -0.2) is 0 Å². The first kappa shape index (κ1) is 13.9. The number of allylic oxidation sites excluding steroid dienone is 1. The second-order valence-electron chi connectivity index (χ2n) is 7.62. The Bertz CT molecular complexity index is 706. The molecule has 2 fully saturated rings. The van der Waals surface area contributed by atoms with Crippen LogP contribution < -0.4 is 9.47 Å². The molecule has 122 valence electrons. The predicted octanol–water partition coefficient (Wildman–Crippen LogP) is 3.85. The molecule has 0 spiro atoms. The van der Waals surface area contributed by atoms with Gasteiger partial charge < -0.3 is 18.9 Å². The molecule has 4 aliphatic rings. The fourth-order valence-electron chi connectivity index (χ4n) is 4.76. The number of benzene rings is 1. The van der Waals surface area contributed by atoms with Crippen molar-refractivity contribution in [1.29, 1.82) is 0 Å². The van der Waals surface area contributed by atoms with Gasteiger partial charge in [-0.2, -0.15) is 0 Å². The first-order valence-electron chi connectivity index (χ1n) is 8.47. The van der Waals surface area contributed by atoms with Gasteiger partial charge in [0.2, 0.25) is 6.79 Å². The molecular formula is C19H22O4. The summed E-state index contributed by atoms with van der Waals surface area (Å²) in [5, 5.41) is 0. The molecule has 0 N–H and O–H groups in total. The molecule has 23 heavy (non-hydrogen) atoms. The average Bonchev–Trinajstić information content (AvgIpc) is 3.05. The Morgan fingerprint density at radius 3 is 2.35 bits per heavy atom. The van der Waals surface area contributed by atoms with Gasteiger partial charge in [0.05, 0.1) is 12.2 Å². The van der Waals surface area contributed by atoms with Gasteiger partial charge in [0.1, 0.15) is 0 Å². The zero-order valence-electron chi connectivity index (χ0n) is 13.8. The van der Waals surface area contributed by atoms with E-state index in [1.807, 2.05) is 13.8 Å². The second-order valence-corrected chi connectivity index (χ2v) is 7.62. The number of fused-ring (bicyclic) bond motifs is 5. The SMILES string of the molecule is CC1=Cc2cc3c(cc2C2CC4OC(C)(C)OC4CC12)OCO3. The highest BCUT2D eigenvalue weighted by Crippen LogP contribution is 2.52. The summed E-state index contributed by atoms with van der Waals surface area (Å²) in [4.78, 5) is 0. The first-order valence-corrected chi connectivity index (χ1v) is 8.47. The van der Waals surface area contributed by atoms with Gasteiger partial charge in [0.25, 0.3) is 0 Å². The molecule has 4 unspecified atom stereocenters. The molecule has 4 atom stereocenters. The van der Waals surface area contributed by atoms with Crippen LogP contribution in [0.3, 0.4) is 0 Å². The standard InChI is InChI=1S/C19H22O4/c1-10-4-11-5-15-16(21-9-20-15)7-13(11)14-8-18-17(6-12(10)14)22-19(2,3)23-18/h4-5,7,12,14,17-18H,6,8-9H2,1-3H3. The van der Waals surface area contributed by atoms with E-state index in [0.29, 0.717) is 18.6 Å². The van der Waals surface area contributed by atoms with Crippen LogP contribution in [0, 0.1) is 5.92 Å². The Morgan fingerprint density at radius 1 is 0.957 bits per heavy atom. The third-order valence-corrected chi connectivity index (χ3v) is 5.69. The van der Waals surface area contributed by atoms with Crippen molar-refractivity contribution in [3.8, 4) is 11.5 Å². The van der Waals surface area contributed by atoms with Crippen molar-refractivity contribution in [3.63, 3.8) is 0 Å². The molecule has 4 nitrogen and oxygen atoms in total. The Kier molecular flexibility index (Phi) is 2.73. The summed E-state index contributed by atoms with van der Waals surface area (Å²) in [7, 11) is 0. The van der Waals surface area contributed by atoms with E-state index in [-0.39, 0.29) is 12.2 Å². The van der Waals surface area contributed by atoms with E-state index < -0.39 is 5.79 Å². The van der Waals surface area contributed by atoms with Crippen LogP contribution in [0.15, 0.2) is 17.7 Å². The van der Waals surface area contributed by atoms with Gasteiger partial charge in [-0.15, -0.1) is 0 Å². The predicted molar refractivity (Wildman–Crippen MR) is 85.5 cm³/mol. The van der Waals surface area contributed by atoms with E-state index in [2.05, 4.69) is 25.1 Å². The summed E-state index contributed by atoms with van der Waals surface area (Å²) >= 11 is 0. The minimum atomic E-state index is -0.460. The smallest absolute Gasteiger partial charge is 0.231 e. The molecule has 1 saturated heterocycles. The van der Waals surface area contributed by atoms with E-state index in [9.17, 15) is 0 Å². The van der Waals surface area contributed by atoms with Crippen molar-refractivity contribution < 1.29 is 18.9 Å². The Hall–Kier alpha value is -1.52. The lowest BCUT2D eigenvalue weighted by Crippen LogP contribution is -2.37. The summed E-state index contributed by atoms with van der Waals surface area (Å²) < 4.78 is 23.4. The molecule has 0 aromatic heterocycles.